The zero-order valence-electron chi connectivity index (χ0n) is 4.69. The van der Waals surface area contributed by atoms with Gasteiger partial charge in [0.1, 0.15) is 13.1 Å². The van der Waals surface area contributed by atoms with E-state index in [1.807, 2.05) is 0 Å². The van der Waals surface area contributed by atoms with Crippen molar-refractivity contribution in [1.29, 1.82) is 0 Å². The van der Waals surface area contributed by atoms with E-state index in [2.05, 4.69) is 18.2 Å². The van der Waals surface area contributed by atoms with Gasteiger partial charge in [-0.25, -0.2) is 4.33 Å². The van der Waals surface area contributed by atoms with Gasteiger partial charge in [-0.3, -0.25) is 0 Å². The first-order chi connectivity index (χ1) is 3.35. The molecule has 3 heteroatoms. The summed E-state index contributed by atoms with van der Waals surface area (Å²) in [5, 5.41) is 0. The van der Waals surface area contributed by atoms with Gasteiger partial charge < -0.3 is 0 Å². The standard InChI is InChI=1S/C4H10ClNP/c1-3-6(4-2)7-5/h3-4H2,1-2H3/q+1. The minimum atomic E-state index is 0.865. The highest BCUT2D eigenvalue weighted by Gasteiger charge is 1.90. The fourth-order valence-corrected chi connectivity index (χ4v) is 1.19. The second-order valence-corrected chi connectivity index (χ2v) is 2.38. The van der Waals surface area contributed by atoms with Gasteiger partial charge in [0, 0.05) is 11.2 Å². The fourth-order valence-electron chi connectivity index (χ4n) is 0.331. The molecule has 0 heterocycles. The summed E-state index contributed by atoms with van der Waals surface area (Å²) < 4.78 is 2.11. The molecule has 7 heavy (non-hydrogen) atoms. The largest absolute Gasteiger partial charge is 0.325 e. The summed E-state index contributed by atoms with van der Waals surface area (Å²) in [4.78, 5) is 0. The van der Waals surface area contributed by atoms with E-state index in [-0.39, 0.29) is 0 Å². The molecular formula is C4H10ClNP+. The van der Waals surface area contributed by atoms with Crippen LogP contribution in [0.4, 0.5) is 0 Å². The predicted octanol–water partition coefficient (Wildman–Crippen LogP) is 2.32. The van der Waals surface area contributed by atoms with Gasteiger partial charge in [-0.1, -0.05) is 0 Å². The van der Waals surface area contributed by atoms with Gasteiger partial charge in [-0.05, 0) is 13.8 Å². The van der Waals surface area contributed by atoms with E-state index in [9.17, 15) is 0 Å². The van der Waals surface area contributed by atoms with E-state index in [0.29, 0.717) is 0 Å². The molecular weight excluding hydrogens is 128 g/mol. The molecule has 0 aromatic rings. The number of halogens is 1. The average molecular weight is 139 g/mol. The first-order valence-electron chi connectivity index (χ1n) is 2.42. The lowest BCUT2D eigenvalue weighted by molar-refractivity contribution is -0.494. The van der Waals surface area contributed by atoms with Gasteiger partial charge in [-0.2, -0.15) is 0 Å². The van der Waals surface area contributed by atoms with Crippen molar-refractivity contribution in [1.82, 2.24) is 0 Å². The minimum absolute atomic E-state index is 0.865. The lowest BCUT2D eigenvalue weighted by atomic mass is 10.7. The molecule has 0 bridgehead atoms. The smallest absolute Gasteiger partial charge is 0.208 e. The quantitative estimate of drug-likeness (QED) is 0.516. The topological polar surface area (TPSA) is 3.01 Å². The van der Waals surface area contributed by atoms with Crippen LogP contribution in [-0.4, -0.2) is 17.4 Å². The van der Waals surface area contributed by atoms with Crippen LogP contribution in [0, 0.1) is 0 Å². The second-order valence-electron chi connectivity index (χ2n) is 1.21. The van der Waals surface area contributed by atoms with E-state index in [0.717, 1.165) is 20.8 Å². The Morgan fingerprint density at radius 3 is 1.86 bits per heavy atom. The highest BCUT2D eigenvalue weighted by molar-refractivity contribution is 7.57. The molecule has 0 N–H and O–H groups in total. The molecule has 0 fully saturated rings. The van der Waals surface area contributed by atoms with Crippen molar-refractivity contribution < 1.29 is 4.33 Å². The molecule has 0 saturated carbocycles. The summed E-state index contributed by atoms with van der Waals surface area (Å²) in [5.74, 6) is 0. The first kappa shape index (κ1) is 7.39. The van der Waals surface area contributed by atoms with Crippen molar-refractivity contribution in [3.8, 4) is 0 Å². The van der Waals surface area contributed by atoms with Crippen molar-refractivity contribution in [3.63, 3.8) is 0 Å². The van der Waals surface area contributed by atoms with Crippen molar-refractivity contribution in [3.05, 3.63) is 0 Å². The second kappa shape index (κ2) is 4.55. The van der Waals surface area contributed by atoms with Crippen LogP contribution in [0.5, 0.6) is 0 Å². The first-order valence-corrected chi connectivity index (χ1v) is 4.17. The molecule has 0 aliphatic heterocycles. The third kappa shape index (κ3) is 3.02. The number of nitrogens with zero attached hydrogens (tertiary/aromatic N) is 1. The van der Waals surface area contributed by atoms with Crippen molar-refractivity contribution >= 4 is 19.0 Å². The molecule has 0 spiro atoms. The Hall–Kier alpha value is 0.390. The Kier molecular flexibility index (Phi) is 4.80. The van der Waals surface area contributed by atoms with Gasteiger partial charge in [0.05, 0.1) is 0 Å². The van der Waals surface area contributed by atoms with Crippen molar-refractivity contribution in [2.75, 3.05) is 13.1 Å². The van der Waals surface area contributed by atoms with E-state index in [1.54, 1.807) is 0 Å². The minimum Gasteiger partial charge on any atom is -0.208 e. The van der Waals surface area contributed by atoms with E-state index in [1.165, 1.54) is 0 Å². The predicted molar refractivity (Wildman–Crippen MR) is 34.1 cm³/mol. The van der Waals surface area contributed by atoms with E-state index < -0.39 is 0 Å². The van der Waals surface area contributed by atoms with E-state index in [4.69, 9.17) is 11.2 Å². The molecule has 0 unspecified atom stereocenters. The molecule has 0 rings (SSSR count). The summed E-state index contributed by atoms with van der Waals surface area (Å²) in [7, 11) is 0.865. The van der Waals surface area contributed by atoms with Gasteiger partial charge >= 0.3 is 7.73 Å². The van der Waals surface area contributed by atoms with Crippen LogP contribution in [0.25, 0.3) is 0 Å². The summed E-state index contributed by atoms with van der Waals surface area (Å²) in [6.07, 6.45) is 0. The highest BCUT2D eigenvalue weighted by Crippen LogP contribution is 2.03. The zero-order valence-corrected chi connectivity index (χ0v) is 6.34. The van der Waals surface area contributed by atoms with Crippen molar-refractivity contribution in [2.24, 2.45) is 0 Å². The van der Waals surface area contributed by atoms with Crippen LogP contribution >= 0.6 is 19.0 Å². The maximum atomic E-state index is 5.47. The molecule has 0 saturated heterocycles. The van der Waals surface area contributed by atoms with Crippen LogP contribution in [0.3, 0.4) is 0 Å². The van der Waals surface area contributed by atoms with Crippen LogP contribution in [0.1, 0.15) is 13.8 Å². The Balaban J connectivity index is 3.38. The molecule has 0 amide bonds. The van der Waals surface area contributed by atoms with Crippen LogP contribution in [-0.2, 0) is 0 Å². The van der Waals surface area contributed by atoms with Gasteiger partial charge in [0.25, 0.3) is 0 Å². The maximum Gasteiger partial charge on any atom is 0.325 e. The van der Waals surface area contributed by atoms with Crippen LogP contribution < -0.4 is 0 Å². The Labute approximate surface area is 51.0 Å². The van der Waals surface area contributed by atoms with E-state index >= 15 is 0 Å². The molecule has 0 aromatic heterocycles. The lowest BCUT2D eigenvalue weighted by Crippen LogP contribution is -2.02. The Morgan fingerprint density at radius 1 is 1.43 bits per heavy atom. The number of hydrogen-bond acceptors (Lipinski definition) is 0. The molecule has 1 nitrogen and oxygen atoms in total. The Bertz CT molecular complexity index is 66.1. The van der Waals surface area contributed by atoms with Gasteiger partial charge in [-0.15, -0.1) is 0 Å². The van der Waals surface area contributed by atoms with Crippen LogP contribution in [0.2, 0.25) is 0 Å². The molecule has 0 radical (unpaired) electrons. The molecule has 0 aliphatic carbocycles. The zero-order chi connectivity index (χ0) is 5.70. The Morgan fingerprint density at radius 2 is 1.86 bits per heavy atom. The number of rotatable bonds is 2. The molecule has 0 aliphatic rings. The van der Waals surface area contributed by atoms with Gasteiger partial charge in [0.15, 0.2) is 0 Å². The van der Waals surface area contributed by atoms with Gasteiger partial charge in [0.2, 0.25) is 0 Å². The summed E-state index contributed by atoms with van der Waals surface area (Å²) >= 11 is 5.47. The SMILES string of the molecule is CC[N+](CC)=PCl. The summed E-state index contributed by atoms with van der Waals surface area (Å²) in [6, 6.07) is 0. The third-order valence-electron chi connectivity index (χ3n) is 0.837. The normalized spacial score (nSPS) is 9.57. The maximum absolute atomic E-state index is 5.47. The highest BCUT2D eigenvalue weighted by atomic mass is 35.7. The molecule has 0 atom stereocenters. The molecule has 0 aromatic carbocycles. The lowest BCUT2D eigenvalue weighted by Gasteiger charge is -1.87. The fraction of sp³-hybridized carbons (Fsp3) is 1.00. The monoisotopic (exact) mass is 138 g/mol. The molecule has 42 valence electrons. The number of hydrogen-bond donors (Lipinski definition) is 0. The van der Waals surface area contributed by atoms with Crippen LogP contribution in [0.15, 0.2) is 0 Å². The third-order valence-corrected chi connectivity index (χ3v) is 2.26. The summed E-state index contributed by atoms with van der Waals surface area (Å²) in [6.45, 7) is 6.28. The average Bonchev–Trinajstić information content (AvgIpc) is 1.72. The van der Waals surface area contributed by atoms with Crippen molar-refractivity contribution in [2.45, 2.75) is 13.8 Å². The summed E-state index contributed by atoms with van der Waals surface area (Å²) in [5.41, 5.74) is 0.